The number of unbranched alkanes of at least 4 members (excludes halogenated alkanes) is 19. The van der Waals surface area contributed by atoms with E-state index < -0.39 is 6.10 Å². The van der Waals surface area contributed by atoms with Crippen LogP contribution in [0.5, 0.6) is 0 Å². The van der Waals surface area contributed by atoms with Crippen molar-refractivity contribution in [2.24, 2.45) is 0 Å². The summed E-state index contributed by atoms with van der Waals surface area (Å²) in [6, 6.07) is 0. The monoisotopic (exact) mass is 923 g/mol. The van der Waals surface area contributed by atoms with Gasteiger partial charge < -0.3 is 14.2 Å². The second-order valence-corrected chi connectivity index (χ2v) is 16.9. The highest BCUT2D eigenvalue weighted by Gasteiger charge is 2.19. The van der Waals surface area contributed by atoms with Gasteiger partial charge in [0.05, 0.1) is 0 Å². The molecule has 0 aromatic rings. The third kappa shape index (κ3) is 52.1. The molecule has 6 nitrogen and oxygen atoms in total. The van der Waals surface area contributed by atoms with Gasteiger partial charge in [-0.25, -0.2) is 0 Å². The molecule has 67 heavy (non-hydrogen) atoms. The highest BCUT2D eigenvalue weighted by atomic mass is 16.6. The van der Waals surface area contributed by atoms with Crippen LogP contribution in [0, 0.1) is 0 Å². The Morgan fingerprint density at radius 1 is 0.313 bits per heavy atom. The number of carbonyl (C=O) groups excluding carboxylic acids is 3. The highest BCUT2D eigenvalue weighted by Crippen LogP contribution is 2.13. The van der Waals surface area contributed by atoms with Crippen LogP contribution in [0.4, 0.5) is 0 Å². The summed E-state index contributed by atoms with van der Waals surface area (Å²) in [5.41, 5.74) is 0. The molecule has 0 fully saturated rings. The fourth-order valence-electron chi connectivity index (χ4n) is 6.66. The first-order valence-electron chi connectivity index (χ1n) is 26.5. The molecule has 0 aliphatic carbocycles. The molecule has 6 heteroatoms. The standard InChI is InChI=1S/C61H94O6/c1-4-7-10-13-16-19-22-25-28-30-33-36-39-42-45-48-51-54-60(63)66-57-58(56-65-59(62)53-50-47-44-41-38-35-32-27-24-21-18-15-12-9-6-3)67-61(64)55-52-49-46-43-40-37-34-31-29-26-23-20-17-14-11-8-5-2/h7,9-10,12-13,15-16,18-19,21-22,24-30,32-33,35-36,38-39,58H,4-6,8,11,14,17,20,23,31,34,37,40-57H2,1-3H3/b10-7-,12-9-,16-13-,18-15-,22-19-,24-21-,28-25-,29-26-,32-27-,33-30+,38-35-,39-36-. The molecular formula is C61H94O6. The molecule has 1 atom stereocenters. The smallest absolute Gasteiger partial charge is 0.306 e. The van der Waals surface area contributed by atoms with E-state index >= 15 is 0 Å². The van der Waals surface area contributed by atoms with E-state index in [9.17, 15) is 14.4 Å². The Kier molecular flexibility index (Phi) is 50.1. The third-order valence-corrected chi connectivity index (χ3v) is 10.6. The molecule has 0 aromatic carbocycles. The number of ether oxygens (including phenoxy) is 3. The fourth-order valence-corrected chi connectivity index (χ4v) is 6.66. The number of allylic oxidation sites excluding steroid dienone is 24. The number of rotatable bonds is 45. The van der Waals surface area contributed by atoms with Gasteiger partial charge in [0, 0.05) is 19.3 Å². The molecule has 1 unspecified atom stereocenters. The van der Waals surface area contributed by atoms with Gasteiger partial charge in [0.1, 0.15) is 13.2 Å². The van der Waals surface area contributed by atoms with E-state index in [0.29, 0.717) is 19.3 Å². The maximum absolute atomic E-state index is 12.8. The largest absolute Gasteiger partial charge is 0.462 e. The molecule has 374 valence electrons. The van der Waals surface area contributed by atoms with Crippen LogP contribution in [0.15, 0.2) is 146 Å². The Balaban J connectivity index is 4.59. The average molecular weight is 923 g/mol. The molecule has 0 N–H and O–H groups in total. The van der Waals surface area contributed by atoms with Gasteiger partial charge in [-0.3, -0.25) is 14.4 Å². The second kappa shape index (κ2) is 53.9. The van der Waals surface area contributed by atoms with Gasteiger partial charge in [-0.1, -0.05) is 244 Å². The van der Waals surface area contributed by atoms with E-state index in [1.54, 1.807) is 0 Å². The Morgan fingerprint density at radius 2 is 0.597 bits per heavy atom. The highest BCUT2D eigenvalue weighted by molar-refractivity contribution is 5.71. The predicted molar refractivity (Wildman–Crippen MR) is 288 cm³/mol. The molecule has 0 aliphatic heterocycles. The van der Waals surface area contributed by atoms with Crippen molar-refractivity contribution in [3.63, 3.8) is 0 Å². The van der Waals surface area contributed by atoms with Crippen LogP contribution in [0.3, 0.4) is 0 Å². The second-order valence-electron chi connectivity index (χ2n) is 16.9. The molecule has 0 bridgehead atoms. The van der Waals surface area contributed by atoms with Gasteiger partial charge in [-0.05, 0) is 83.5 Å². The van der Waals surface area contributed by atoms with E-state index in [0.717, 1.165) is 83.5 Å². The Morgan fingerprint density at radius 3 is 0.970 bits per heavy atom. The summed E-state index contributed by atoms with van der Waals surface area (Å²) in [5, 5.41) is 0. The van der Waals surface area contributed by atoms with Crippen molar-refractivity contribution < 1.29 is 28.6 Å². The summed E-state index contributed by atoms with van der Waals surface area (Å²) < 4.78 is 16.7. The molecule has 0 radical (unpaired) electrons. The molecule has 0 aromatic heterocycles. The molecule has 0 saturated heterocycles. The van der Waals surface area contributed by atoms with Crippen molar-refractivity contribution in [1.82, 2.24) is 0 Å². The normalized spacial score (nSPS) is 13.3. The van der Waals surface area contributed by atoms with Crippen molar-refractivity contribution >= 4 is 17.9 Å². The van der Waals surface area contributed by atoms with E-state index in [1.807, 2.05) is 109 Å². The number of hydrogen-bond donors (Lipinski definition) is 0. The number of carbonyl (C=O) groups is 3. The van der Waals surface area contributed by atoms with Crippen LogP contribution in [0.25, 0.3) is 0 Å². The van der Waals surface area contributed by atoms with Crippen molar-refractivity contribution in [2.75, 3.05) is 13.2 Å². The van der Waals surface area contributed by atoms with E-state index in [-0.39, 0.29) is 31.1 Å². The van der Waals surface area contributed by atoms with Gasteiger partial charge >= 0.3 is 17.9 Å². The van der Waals surface area contributed by atoms with Crippen molar-refractivity contribution in [1.29, 1.82) is 0 Å². The first-order chi connectivity index (χ1) is 33.0. The van der Waals surface area contributed by atoms with Crippen molar-refractivity contribution in [2.45, 2.75) is 207 Å². The lowest BCUT2D eigenvalue weighted by molar-refractivity contribution is -0.167. The van der Waals surface area contributed by atoms with Gasteiger partial charge in [0.15, 0.2) is 6.10 Å². The molecule has 0 spiro atoms. The molecule has 0 aliphatic rings. The number of hydrogen-bond acceptors (Lipinski definition) is 6. The quantitative estimate of drug-likeness (QED) is 0.0199. The fraction of sp³-hybridized carbons (Fsp3) is 0.557. The summed E-state index contributed by atoms with van der Waals surface area (Å²) in [6.07, 6.45) is 76.8. The summed E-state index contributed by atoms with van der Waals surface area (Å²) in [6.45, 7) is 6.25. The van der Waals surface area contributed by atoms with Gasteiger partial charge in [-0.15, -0.1) is 0 Å². The summed E-state index contributed by atoms with van der Waals surface area (Å²) in [5.74, 6) is -1.02. The van der Waals surface area contributed by atoms with Crippen LogP contribution >= 0.6 is 0 Å². The van der Waals surface area contributed by atoms with E-state index in [2.05, 4.69) is 57.2 Å². The lowest BCUT2D eigenvalue weighted by Crippen LogP contribution is -2.30. The van der Waals surface area contributed by atoms with Gasteiger partial charge in [0.2, 0.25) is 0 Å². The predicted octanol–water partition coefficient (Wildman–Crippen LogP) is 17.6. The minimum atomic E-state index is -0.823. The minimum Gasteiger partial charge on any atom is -0.462 e. The zero-order chi connectivity index (χ0) is 48.6. The van der Waals surface area contributed by atoms with Crippen molar-refractivity contribution in [3.8, 4) is 0 Å². The topological polar surface area (TPSA) is 78.9 Å². The molecule has 0 saturated carbocycles. The van der Waals surface area contributed by atoms with Crippen LogP contribution in [0.2, 0.25) is 0 Å². The van der Waals surface area contributed by atoms with Crippen LogP contribution in [-0.2, 0) is 28.6 Å². The first-order valence-corrected chi connectivity index (χ1v) is 26.5. The van der Waals surface area contributed by atoms with E-state index in [1.165, 1.54) is 77.0 Å². The van der Waals surface area contributed by atoms with Crippen LogP contribution in [0.1, 0.15) is 201 Å². The Bertz CT molecular complexity index is 1530. The first kappa shape index (κ1) is 62.3. The zero-order valence-electron chi connectivity index (χ0n) is 42.6. The minimum absolute atomic E-state index is 0.123. The lowest BCUT2D eigenvalue weighted by atomic mass is 10.1. The summed E-state index contributed by atoms with van der Waals surface area (Å²) in [4.78, 5) is 38.1. The van der Waals surface area contributed by atoms with E-state index in [4.69, 9.17) is 14.2 Å². The summed E-state index contributed by atoms with van der Waals surface area (Å²) in [7, 11) is 0. The average Bonchev–Trinajstić information content (AvgIpc) is 3.33. The van der Waals surface area contributed by atoms with Gasteiger partial charge in [-0.2, -0.15) is 0 Å². The lowest BCUT2D eigenvalue weighted by Gasteiger charge is -2.18. The third-order valence-electron chi connectivity index (χ3n) is 10.6. The van der Waals surface area contributed by atoms with Crippen LogP contribution in [-0.4, -0.2) is 37.2 Å². The summed E-state index contributed by atoms with van der Waals surface area (Å²) >= 11 is 0. The molecule has 0 amide bonds. The Hall–Kier alpha value is -4.71. The molecular weight excluding hydrogens is 829 g/mol. The zero-order valence-corrected chi connectivity index (χ0v) is 42.6. The molecule has 0 heterocycles. The van der Waals surface area contributed by atoms with Crippen molar-refractivity contribution in [3.05, 3.63) is 146 Å². The molecule has 0 rings (SSSR count). The number of esters is 3. The maximum atomic E-state index is 12.8. The van der Waals surface area contributed by atoms with Crippen LogP contribution < -0.4 is 0 Å². The SMILES string of the molecule is CC\C=C/C=C\C=C/C=C\C=C/CCCCCC(=O)OCC(COC(=O)CCCCC\C=C/C=C/C=C\C=C/C=C\C=C/CC)OC(=O)CCCCCCCCC/C=C\CCCCCCCC. The Labute approximate surface area is 410 Å². The maximum Gasteiger partial charge on any atom is 0.306 e. The van der Waals surface area contributed by atoms with Gasteiger partial charge in [0.25, 0.3) is 0 Å².